The van der Waals surface area contributed by atoms with Gasteiger partial charge in [-0.3, -0.25) is 10.1 Å². The number of carbonyl (C=O) groups excluding carboxylic acids is 1. The van der Waals surface area contributed by atoms with Crippen molar-refractivity contribution in [3.8, 4) is 11.3 Å². The fourth-order valence-electron chi connectivity index (χ4n) is 2.59. The lowest BCUT2D eigenvalue weighted by Crippen LogP contribution is -2.11. The number of thiazole rings is 1. The van der Waals surface area contributed by atoms with Crippen LogP contribution in [0.2, 0.25) is 0 Å². The van der Waals surface area contributed by atoms with Gasteiger partial charge in [-0.1, -0.05) is 30.7 Å². The summed E-state index contributed by atoms with van der Waals surface area (Å²) in [5.41, 5.74) is 5.06. The van der Waals surface area contributed by atoms with Crippen molar-refractivity contribution in [2.24, 2.45) is 0 Å². The number of nitrogens with one attached hydrogen (secondary N) is 1. The highest BCUT2D eigenvalue weighted by Gasteiger charge is 2.11. The number of anilines is 1. The normalized spacial score (nSPS) is 10.7. The molecule has 0 aliphatic rings. The summed E-state index contributed by atoms with van der Waals surface area (Å²) in [4.78, 5) is 18.1. The molecule has 0 saturated carbocycles. The van der Waals surface area contributed by atoms with E-state index in [1.54, 1.807) is 11.8 Å². The molecule has 0 fully saturated rings. The molecule has 0 aliphatic heterocycles. The van der Waals surface area contributed by atoms with E-state index in [-0.39, 0.29) is 5.91 Å². The number of hydrogen-bond acceptors (Lipinski definition) is 4. The third-order valence-electron chi connectivity index (χ3n) is 3.81. The number of benzene rings is 2. The zero-order valence-electron chi connectivity index (χ0n) is 14.5. The first kappa shape index (κ1) is 17.7. The van der Waals surface area contributed by atoms with Crippen molar-refractivity contribution in [3.63, 3.8) is 0 Å². The molecule has 25 heavy (non-hydrogen) atoms. The quantitative estimate of drug-likeness (QED) is 0.579. The highest BCUT2D eigenvalue weighted by Crippen LogP contribution is 2.28. The minimum Gasteiger partial charge on any atom is -0.298 e. The highest BCUT2D eigenvalue weighted by molar-refractivity contribution is 7.99. The van der Waals surface area contributed by atoms with Crippen molar-refractivity contribution in [3.05, 3.63) is 64.5 Å². The molecule has 1 heterocycles. The van der Waals surface area contributed by atoms with Crippen molar-refractivity contribution in [1.29, 1.82) is 0 Å². The van der Waals surface area contributed by atoms with E-state index in [0.717, 1.165) is 17.0 Å². The van der Waals surface area contributed by atoms with Crippen molar-refractivity contribution < 1.29 is 4.79 Å². The van der Waals surface area contributed by atoms with Crippen LogP contribution in [0.5, 0.6) is 0 Å². The molecule has 5 heteroatoms. The zero-order chi connectivity index (χ0) is 17.8. The topological polar surface area (TPSA) is 42.0 Å². The van der Waals surface area contributed by atoms with Gasteiger partial charge in [0.25, 0.3) is 5.91 Å². The molecule has 0 atom stereocenters. The average Bonchev–Trinajstić information content (AvgIpc) is 3.04. The Labute approximate surface area is 156 Å². The lowest BCUT2D eigenvalue weighted by Gasteiger charge is -2.04. The van der Waals surface area contributed by atoms with Crippen LogP contribution in [0.1, 0.15) is 28.4 Å². The lowest BCUT2D eigenvalue weighted by molar-refractivity contribution is 0.102. The lowest BCUT2D eigenvalue weighted by atomic mass is 10.0. The van der Waals surface area contributed by atoms with Crippen LogP contribution in [0.25, 0.3) is 11.3 Å². The van der Waals surface area contributed by atoms with Gasteiger partial charge in [-0.15, -0.1) is 23.1 Å². The maximum Gasteiger partial charge on any atom is 0.257 e. The number of rotatable bonds is 5. The minimum atomic E-state index is -0.130. The number of carbonyl (C=O) groups is 1. The fourth-order valence-corrected chi connectivity index (χ4v) is 3.96. The standard InChI is InChI=1S/C20H20N2OS2/c1-4-24-16-8-6-15(7-9-16)19(23)22-20-21-18(12-25-20)17-10-5-13(2)11-14(17)3/h5-12H,4H2,1-3H3,(H,21,22,23). The van der Waals surface area contributed by atoms with Gasteiger partial charge in [0, 0.05) is 21.4 Å². The summed E-state index contributed by atoms with van der Waals surface area (Å²) in [6, 6.07) is 14.0. The molecule has 0 bridgehead atoms. The van der Waals surface area contributed by atoms with Crippen LogP contribution in [0.4, 0.5) is 5.13 Å². The summed E-state index contributed by atoms with van der Waals surface area (Å²) < 4.78 is 0. The number of hydrogen-bond donors (Lipinski definition) is 1. The van der Waals surface area contributed by atoms with Crippen LogP contribution in [-0.4, -0.2) is 16.6 Å². The van der Waals surface area contributed by atoms with Gasteiger partial charge in [0.1, 0.15) is 0 Å². The molecule has 0 saturated heterocycles. The molecule has 3 aromatic rings. The first-order valence-electron chi connectivity index (χ1n) is 8.14. The Morgan fingerprint density at radius 3 is 2.60 bits per heavy atom. The summed E-state index contributed by atoms with van der Waals surface area (Å²) >= 11 is 3.21. The number of aromatic nitrogens is 1. The smallest absolute Gasteiger partial charge is 0.257 e. The Morgan fingerprint density at radius 1 is 1.16 bits per heavy atom. The molecular formula is C20H20N2OS2. The van der Waals surface area contributed by atoms with Gasteiger partial charge in [-0.2, -0.15) is 0 Å². The maximum atomic E-state index is 12.4. The summed E-state index contributed by atoms with van der Waals surface area (Å²) in [6.07, 6.45) is 0. The Balaban J connectivity index is 1.73. The van der Waals surface area contributed by atoms with Crippen molar-refractivity contribution in [2.75, 3.05) is 11.1 Å². The maximum absolute atomic E-state index is 12.4. The van der Waals surface area contributed by atoms with Gasteiger partial charge < -0.3 is 0 Å². The van der Waals surface area contributed by atoms with Crippen LogP contribution in [0.15, 0.2) is 52.7 Å². The van der Waals surface area contributed by atoms with E-state index in [9.17, 15) is 4.79 Å². The second-order valence-electron chi connectivity index (χ2n) is 5.77. The number of amides is 1. The predicted molar refractivity (Wildman–Crippen MR) is 108 cm³/mol. The van der Waals surface area contributed by atoms with Gasteiger partial charge in [-0.05, 0) is 49.4 Å². The summed E-state index contributed by atoms with van der Waals surface area (Å²) in [5.74, 6) is 0.890. The third-order valence-corrected chi connectivity index (χ3v) is 5.46. The molecule has 1 aromatic heterocycles. The Morgan fingerprint density at radius 2 is 1.92 bits per heavy atom. The van der Waals surface area contributed by atoms with Crippen LogP contribution >= 0.6 is 23.1 Å². The highest BCUT2D eigenvalue weighted by atomic mass is 32.2. The van der Waals surface area contributed by atoms with E-state index in [1.807, 2.05) is 29.6 Å². The summed E-state index contributed by atoms with van der Waals surface area (Å²) in [7, 11) is 0. The molecule has 0 aliphatic carbocycles. The van der Waals surface area contributed by atoms with E-state index < -0.39 is 0 Å². The largest absolute Gasteiger partial charge is 0.298 e. The Kier molecular flexibility index (Phi) is 5.56. The van der Waals surface area contributed by atoms with Gasteiger partial charge in [-0.25, -0.2) is 4.98 Å². The van der Waals surface area contributed by atoms with E-state index in [0.29, 0.717) is 10.7 Å². The third kappa shape index (κ3) is 4.30. The zero-order valence-corrected chi connectivity index (χ0v) is 16.1. The Bertz CT molecular complexity index is 885. The molecule has 1 N–H and O–H groups in total. The van der Waals surface area contributed by atoms with Gasteiger partial charge in [0.15, 0.2) is 5.13 Å². The fraction of sp³-hybridized carbons (Fsp3) is 0.200. The van der Waals surface area contributed by atoms with Crippen molar-refractivity contribution >= 4 is 34.1 Å². The second-order valence-corrected chi connectivity index (χ2v) is 7.96. The van der Waals surface area contributed by atoms with Crippen LogP contribution < -0.4 is 5.32 Å². The molecule has 128 valence electrons. The van der Waals surface area contributed by atoms with Crippen LogP contribution in [0.3, 0.4) is 0 Å². The van der Waals surface area contributed by atoms with Crippen molar-refractivity contribution in [1.82, 2.24) is 4.98 Å². The molecular weight excluding hydrogens is 348 g/mol. The van der Waals surface area contributed by atoms with Crippen molar-refractivity contribution in [2.45, 2.75) is 25.7 Å². The van der Waals surface area contributed by atoms with Crippen LogP contribution in [-0.2, 0) is 0 Å². The van der Waals surface area contributed by atoms with E-state index >= 15 is 0 Å². The molecule has 3 rings (SSSR count). The molecule has 0 unspecified atom stereocenters. The average molecular weight is 369 g/mol. The van der Waals surface area contributed by atoms with E-state index in [2.05, 4.69) is 49.3 Å². The monoisotopic (exact) mass is 368 g/mol. The van der Waals surface area contributed by atoms with Gasteiger partial charge >= 0.3 is 0 Å². The molecule has 3 nitrogen and oxygen atoms in total. The first-order chi connectivity index (χ1) is 12.1. The minimum absolute atomic E-state index is 0.130. The van der Waals surface area contributed by atoms with Crippen LogP contribution in [0, 0.1) is 13.8 Å². The van der Waals surface area contributed by atoms with E-state index in [4.69, 9.17) is 0 Å². The molecule has 0 spiro atoms. The Hall–Kier alpha value is -2.11. The van der Waals surface area contributed by atoms with Gasteiger partial charge in [0.05, 0.1) is 5.69 Å². The van der Waals surface area contributed by atoms with E-state index in [1.165, 1.54) is 27.4 Å². The predicted octanol–water partition coefficient (Wildman–Crippen LogP) is 5.79. The summed E-state index contributed by atoms with van der Waals surface area (Å²) in [5, 5.41) is 5.49. The second kappa shape index (κ2) is 7.85. The summed E-state index contributed by atoms with van der Waals surface area (Å²) in [6.45, 7) is 6.27. The molecule has 2 aromatic carbocycles. The molecule has 1 amide bonds. The molecule has 0 radical (unpaired) electrons. The number of aryl methyl sites for hydroxylation is 2. The number of thioether (sulfide) groups is 1. The number of nitrogens with zero attached hydrogens (tertiary/aromatic N) is 1. The first-order valence-corrected chi connectivity index (χ1v) is 10.0. The SMILES string of the molecule is CCSc1ccc(C(=O)Nc2nc(-c3ccc(C)cc3C)cs2)cc1. The van der Waals surface area contributed by atoms with Gasteiger partial charge in [0.2, 0.25) is 0 Å².